The van der Waals surface area contributed by atoms with E-state index in [1.807, 2.05) is 0 Å². The Bertz CT molecular complexity index is 157. The van der Waals surface area contributed by atoms with Crippen LogP contribution < -0.4 is 5.32 Å². The highest BCUT2D eigenvalue weighted by Gasteiger charge is 2.47. The Morgan fingerprint density at radius 1 is 1.38 bits per heavy atom. The Labute approximate surface area is 81.0 Å². The van der Waals surface area contributed by atoms with Crippen molar-refractivity contribution in [3.05, 3.63) is 0 Å². The van der Waals surface area contributed by atoms with Crippen LogP contribution in [0.2, 0.25) is 0 Å². The first-order valence-corrected chi connectivity index (χ1v) is 5.54. The van der Waals surface area contributed by atoms with Gasteiger partial charge >= 0.3 is 0 Å². The van der Waals surface area contributed by atoms with Gasteiger partial charge in [0.15, 0.2) is 0 Å². The topological polar surface area (TPSA) is 21.3 Å². The number of hydrogen-bond donors (Lipinski definition) is 1. The molecule has 0 aromatic carbocycles. The van der Waals surface area contributed by atoms with Crippen molar-refractivity contribution in [1.82, 2.24) is 5.32 Å². The van der Waals surface area contributed by atoms with Crippen molar-refractivity contribution in [3.8, 4) is 0 Å². The third-order valence-electron chi connectivity index (χ3n) is 3.77. The van der Waals surface area contributed by atoms with Gasteiger partial charge in [0.1, 0.15) is 0 Å². The standard InChI is InChI=1S/C11H21NO/c1-13-6-5-12-9-10-7-11(8-10)3-2-4-11/h10,12H,2-9H2,1H3. The third kappa shape index (κ3) is 2.05. The second-order valence-electron chi connectivity index (χ2n) is 4.82. The summed E-state index contributed by atoms with van der Waals surface area (Å²) in [5.41, 5.74) is 0.841. The van der Waals surface area contributed by atoms with Crippen molar-refractivity contribution in [2.75, 3.05) is 26.8 Å². The molecule has 2 heteroatoms. The van der Waals surface area contributed by atoms with Crippen molar-refractivity contribution in [3.63, 3.8) is 0 Å². The van der Waals surface area contributed by atoms with Crippen LogP contribution in [-0.2, 0) is 4.74 Å². The van der Waals surface area contributed by atoms with Gasteiger partial charge in [0, 0.05) is 13.7 Å². The van der Waals surface area contributed by atoms with Crippen LogP contribution in [0.3, 0.4) is 0 Å². The average molecular weight is 183 g/mol. The summed E-state index contributed by atoms with van der Waals surface area (Å²) in [4.78, 5) is 0. The highest BCUT2D eigenvalue weighted by Crippen LogP contribution is 2.58. The fourth-order valence-corrected chi connectivity index (χ4v) is 2.87. The van der Waals surface area contributed by atoms with Crippen molar-refractivity contribution in [1.29, 1.82) is 0 Å². The lowest BCUT2D eigenvalue weighted by atomic mass is 9.52. The van der Waals surface area contributed by atoms with E-state index in [0.717, 1.165) is 24.5 Å². The minimum Gasteiger partial charge on any atom is -0.383 e. The molecule has 0 aromatic rings. The zero-order valence-electron chi connectivity index (χ0n) is 8.64. The molecule has 0 radical (unpaired) electrons. The molecular formula is C11H21NO. The molecule has 0 aromatic heterocycles. The summed E-state index contributed by atoms with van der Waals surface area (Å²) in [7, 11) is 1.76. The third-order valence-corrected chi connectivity index (χ3v) is 3.77. The molecule has 2 saturated carbocycles. The molecule has 1 spiro atoms. The summed E-state index contributed by atoms with van der Waals surface area (Å²) in [6.45, 7) is 3.07. The van der Waals surface area contributed by atoms with Crippen molar-refractivity contribution >= 4 is 0 Å². The number of methoxy groups -OCH3 is 1. The van der Waals surface area contributed by atoms with Gasteiger partial charge in [-0.1, -0.05) is 6.42 Å². The maximum absolute atomic E-state index is 4.99. The van der Waals surface area contributed by atoms with Crippen LogP contribution in [0.1, 0.15) is 32.1 Å². The number of hydrogen-bond acceptors (Lipinski definition) is 2. The van der Waals surface area contributed by atoms with Crippen LogP contribution in [0, 0.1) is 11.3 Å². The first-order valence-electron chi connectivity index (χ1n) is 5.54. The molecule has 2 rings (SSSR count). The van der Waals surface area contributed by atoms with Gasteiger partial charge in [-0.25, -0.2) is 0 Å². The average Bonchev–Trinajstić information content (AvgIpc) is 1.97. The van der Waals surface area contributed by atoms with Gasteiger partial charge in [-0.15, -0.1) is 0 Å². The summed E-state index contributed by atoms with van der Waals surface area (Å²) >= 11 is 0. The Morgan fingerprint density at radius 2 is 2.15 bits per heavy atom. The zero-order chi connectivity index (χ0) is 9.15. The van der Waals surface area contributed by atoms with E-state index in [4.69, 9.17) is 4.74 Å². The highest BCUT2D eigenvalue weighted by molar-refractivity contribution is 4.99. The van der Waals surface area contributed by atoms with Crippen molar-refractivity contribution in [2.24, 2.45) is 11.3 Å². The first kappa shape index (κ1) is 9.47. The molecule has 2 fully saturated rings. The Hall–Kier alpha value is -0.0800. The largest absolute Gasteiger partial charge is 0.383 e. The minimum absolute atomic E-state index is 0.841. The fraction of sp³-hybridized carbons (Fsp3) is 1.00. The molecule has 0 saturated heterocycles. The van der Waals surface area contributed by atoms with Gasteiger partial charge in [-0.3, -0.25) is 0 Å². The number of ether oxygens (including phenoxy) is 1. The quantitative estimate of drug-likeness (QED) is 0.656. The zero-order valence-corrected chi connectivity index (χ0v) is 8.64. The van der Waals surface area contributed by atoms with E-state index in [9.17, 15) is 0 Å². The summed E-state index contributed by atoms with van der Waals surface area (Å²) in [6.07, 6.45) is 7.51. The van der Waals surface area contributed by atoms with Gasteiger partial charge in [0.2, 0.25) is 0 Å². The lowest BCUT2D eigenvalue weighted by Crippen LogP contribution is -2.46. The first-order chi connectivity index (χ1) is 6.35. The molecule has 0 amide bonds. The molecular weight excluding hydrogens is 162 g/mol. The van der Waals surface area contributed by atoms with E-state index in [1.54, 1.807) is 7.11 Å². The molecule has 0 aliphatic heterocycles. The predicted molar refractivity (Wildman–Crippen MR) is 53.8 cm³/mol. The molecule has 0 heterocycles. The van der Waals surface area contributed by atoms with Crippen molar-refractivity contribution < 1.29 is 4.74 Å². The summed E-state index contributed by atoms with van der Waals surface area (Å²) in [5.74, 6) is 0.970. The molecule has 2 aliphatic carbocycles. The molecule has 2 nitrogen and oxygen atoms in total. The number of nitrogens with one attached hydrogen (secondary N) is 1. The second kappa shape index (κ2) is 3.97. The van der Waals surface area contributed by atoms with Crippen LogP contribution in [-0.4, -0.2) is 26.8 Å². The maximum atomic E-state index is 4.99. The minimum atomic E-state index is 0.841. The van der Waals surface area contributed by atoms with E-state index >= 15 is 0 Å². The molecule has 0 atom stereocenters. The van der Waals surface area contributed by atoms with Gasteiger partial charge in [0.05, 0.1) is 6.61 Å². The van der Waals surface area contributed by atoms with Gasteiger partial charge < -0.3 is 10.1 Å². The Kier molecular flexibility index (Phi) is 2.89. The molecule has 76 valence electrons. The van der Waals surface area contributed by atoms with Crippen LogP contribution in [0.5, 0.6) is 0 Å². The lowest BCUT2D eigenvalue weighted by Gasteiger charge is -2.54. The molecule has 2 aliphatic rings. The van der Waals surface area contributed by atoms with Crippen molar-refractivity contribution in [2.45, 2.75) is 32.1 Å². The van der Waals surface area contributed by atoms with E-state index in [2.05, 4.69) is 5.32 Å². The van der Waals surface area contributed by atoms with E-state index in [1.165, 1.54) is 38.6 Å². The lowest BCUT2D eigenvalue weighted by molar-refractivity contribution is -0.0238. The van der Waals surface area contributed by atoms with Gasteiger partial charge in [-0.2, -0.15) is 0 Å². The maximum Gasteiger partial charge on any atom is 0.0587 e. The SMILES string of the molecule is COCCNCC1CC2(CCC2)C1. The summed E-state index contributed by atoms with van der Waals surface area (Å²) < 4.78 is 4.99. The monoisotopic (exact) mass is 183 g/mol. The van der Waals surface area contributed by atoms with Gasteiger partial charge in [-0.05, 0) is 43.6 Å². The normalized spacial score (nSPS) is 25.6. The Balaban J connectivity index is 1.49. The van der Waals surface area contributed by atoms with Crippen LogP contribution in [0.25, 0.3) is 0 Å². The van der Waals surface area contributed by atoms with Crippen LogP contribution in [0.4, 0.5) is 0 Å². The summed E-state index contributed by atoms with van der Waals surface area (Å²) in [6, 6.07) is 0. The smallest absolute Gasteiger partial charge is 0.0587 e. The molecule has 13 heavy (non-hydrogen) atoms. The van der Waals surface area contributed by atoms with E-state index in [-0.39, 0.29) is 0 Å². The molecule has 0 bridgehead atoms. The molecule has 1 N–H and O–H groups in total. The second-order valence-corrected chi connectivity index (χ2v) is 4.82. The van der Waals surface area contributed by atoms with Crippen LogP contribution >= 0.6 is 0 Å². The number of rotatable bonds is 5. The summed E-state index contributed by atoms with van der Waals surface area (Å²) in [5, 5.41) is 3.45. The van der Waals surface area contributed by atoms with Crippen LogP contribution in [0.15, 0.2) is 0 Å². The predicted octanol–water partition coefficient (Wildman–Crippen LogP) is 1.80. The van der Waals surface area contributed by atoms with E-state index < -0.39 is 0 Å². The highest BCUT2D eigenvalue weighted by atomic mass is 16.5. The van der Waals surface area contributed by atoms with E-state index in [0.29, 0.717) is 0 Å². The van der Waals surface area contributed by atoms with Gasteiger partial charge in [0.25, 0.3) is 0 Å². The fourth-order valence-electron chi connectivity index (χ4n) is 2.87. The Morgan fingerprint density at radius 3 is 2.69 bits per heavy atom. The molecule has 0 unspecified atom stereocenters.